The van der Waals surface area contributed by atoms with Crippen molar-refractivity contribution in [2.45, 2.75) is 51.4 Å². The number of nitrogens with two attached hydrogens (primary N) is 1. The molecule has 0 spiro atoms. The molecule has 1 saturated carbocycles. The van der Waals surface area contributed by atoms with Gasteiger partial charge in [-0.3, -0.25) is 0 Å². The van der Waals surface area contributed by atoms with Crippen LogP contribution in [-0.4, -0.2) is 29.5 Å². The number of ether oxygens (including phenoxy) is 3. The molecular formula is C15H20N2O5. The molecule has 1 heterocycles. The number of hydrogen-bond donors (Lipinski definition) is 1. The maximum absolute atomic E-state index is 11.8. The summed E-state index contributed by atoms with van der Waals surface area (Å²) >= 11 is 0. The molecule has 0 amide bonds. The molecule has 0 aliphatic heterocycles. The first-order chi connectivity index (χ1) is 10.5. The lowest BCUT2D eigenvalue weighted by molar-refractivity contribution is -0.0914. The van der Waals surface area contributed by atoms with Crippen molar-refractivity contribution in [2.75, 3.05) is 5.73 Å². The molecule has 7 heteroatoms. The topological polar surface area (TPSA) is 101 Å². The van der Waals surface area contributed by atoms with Crippen LogP contribution in [0.4, 0.5) is 10.6 Å². The summed E-state index contributed by atoms with van der Waals surface area (Å²) in [5, 5.41) is 0. The van der Waals surface area contributed by atoms with E-state index in [0.29, 0.717) is 5.82 Å². The van der Waals surface area contributed by atoms with Crippen molar-refractivity contribution < 1.29 is 23.8 Å². The monoisotopic (exact) mass is 308 g/mol. The lowest BCUT2D eigenvalue weighted by Crippen LogP contribution is -2.26. The Morgan fingerprint density at radius 2 is 1.95 bits per heavy atom. The summed E-state index contributed by atoms with van der Waals surface area (Å²) in [7, 11) is 0. The summed E-state index contributed by atoms with van der Waals surface area (Å²) in [6.45, 7) is 1.45. The van der Waals surface area contributed by atoms with Crippen LogP contribution in [0.5, 0.6) is 0 Å². The van der Waals surface area contributed by atoms with Crippen LogP contribution in [0.3, 0.4) is 0 Å². The van der Waals surface area contributed by atoms with Crippen molar-refractivity contribution in [3.05, 3.63) is 23.9 Å². The number of esters is 1. The molecule has 7 nitrogen and oxygen atoms in total. The molecule has 0 saturated heterocycles. The van der Waals surface area contributed by atoms with E-state index in [1.54, 1.807) is 0 Å². The molecule has 1 unspecified atom stereocenters. The number of nitrogen functional groups attached to an aromatic ring is 1. The van der Waals surface area contributed by atoms with Crippen molar-refractivity contribution in [2.24, 2.45) is 0 Å². The second-order valence-electron chi connectivity index (χ2n) is 5.19. The molecule has 1 fully saturated rings. The Balaban J connectivity index is 1.76. The normalized spacial score (nSPS) is 16.6. The molecule has 0 bridgehead atoms. The highest BCUT2D eigenvalue weighted by molar-refractivity contribution is 5.89. The van der Waals surface area contributed by atoms with Crippen LogP contribution < -0.4 is 5.73 Å². The van der Waals surface area contributed by atoms with Crippen molar-refractivity contribution in [1.29, 1.82) is 0 Å². The van der Waals surface area contributed by atoms with Gasteiger partial charge in [-0.05, 0) is 37.8 Å². The number of aromatic nitrogens is 1. The van der Waals surface area contributed by atoms with Crippen molar-refractivity contribution in [3.8, 4) is 0 Å². The zero-order chi connectivity index (χ0) is 15.9. The molecule has 120 valence electrons. The molecule has 1 aromatic rings. The Morgan fingerprint density at radius 1 is 1.23 bits per heavy atom. The minimum absolute atomic E-state index is 0.106. The summed E-state index contributed by atoms with van der Waals surface area (Å²) in [6.07, 6.45) is 4.29. The summed E-state index contributed by atoms with van der Waals surface area (Å²) < 4.78 is 15.1. The first-order valence-corrected chi connectivity index (χ1v) is 7.34. The third-order valence-electron chi connectivity index (χ3n) is 3.37. The van der Waals surface area contributed by atoms with Gasteiger partial charge < -0.3 is 19.9 Å². The van der Waals surface area contributed by atoms with Gasteiger partial charge in [-0.15, -0.1) is 0 Å². The largest absolute Gasteiger partial charge is 0.511 e. The van der Waals surface area contributed by atoms with E-state index in [9.17, 15) is 9.59 Å². The Morgan fingerprint density at radius 3 is 2.59 bits per heavy atom. The third-order valence-corrected chi connectivity index (χ3v) is 3.37. The van der Waals surface area contributed by atoms with Gasteiger partial charge in [0.15, 0.2) is 0 Å². The molecule has 1 atom stereocenters. The lowest BCUT2D eigenvalue weighted by atomic mass is 9.98. The van der Waals surface area contributed by atoms with Crippen LogP contribution >= 0.6 is 0 Å². The molecule has 1 aliphatic rings. The van der Waals surface area contributed by atoms with Gasteiger partial charge in [0, 0.05) is 13.1 Å². The number of carbonyl (C=O) groups is 2. The maximum Gasteiger partial charge on any atom is 0.511 e. The lowest BCUT2D eigenvalue weighted by Gasteiger charge is -2.22. The number of carbonyl (C=O) groups excluding carboxylic acids is 2. The van der Waals surface area contributed by atoms with E-state index in [1.165, 1.54) is 31.7 Å². The zero-order valence-corrected chi connectivity index (χ0v) is 12.5. The average Bonchev–Trinajstić information content (AvgIpc) is 2.48. The van der Waals surface area contributed by atoms with Crippen LogP contribution in [0.2, 0.25) is 0 Å². The summed E-state index contributed by atoms with van der Waals surface area (Å²) in [6, 6.07) is 2.97. The van der Waals surface area contributed by atoms with E-state index in [-0.39, 0.29) is 11.7 Å². The smallest absolute Gasteiger partial charge is 0.431 e. The van der Waals surface area contributed by atoms with Crippen LogP contribution in [0.25, 0.3) is 0 Å². The number of hydrogen-bond acceptors (Lipinski definition) is 7. The fourth-order valence-electron chi connectivity index (χ4n) is 2.25. The van der Waals surface area contributed by atoms with Gasteiger partial charge in [-0.2, -0.15) is 0 Å². The SMILES string of the molecule is CC(OC(=O)OC1CCCCC1)OC(=O)c1ccc(N)nc1. The molecule has 22 heavy (non-hydrogen) atoms. The van der Waals surface area contributed by atoms with E-state index in [2.05, 4.69) is 4.98 Å². The first-order valence-electron chi connectivity index (χ1n) is 7.34. The Kier molecular flexibility index (Phi) is 5.57. The van der Waals surface area contributed by atoms with Gasteiger partial charge in [0.05, 0.1) is 5.56 Å². The highest BCUT2D eigenvalue weighted by atomic mass is 16.8. The van der Waals surface area contributed by atoms with E-state index in [1.807, 2.05) is 0 Å². The molecule has 0 radical (unpaired) electrons. The number of rotatable bonds is 4. The summed E-state index contributed by atoms with van der Waals surface area (Å²) in [5.41, 5.74) is 5.66. The molecule has 2 rings (SSSR count). The van der Waals surface area contributed by atoms with Crippen molar-refractivity contribution in [3.63, 3.8) is 0 Å². The highest BCUT2D eigenvalue weighted by Gasteiger charge is 2.21. The number of anilines is 1. The summed E-state index contributed by atoms with van der Waals surface area (Å²) in [5.74, 6) is -0.345. The summed E-state index contributed by atoms with van der Waals surface area (Å²) in [4.78, 5) is 27.2. The Bertz CT molecular complexity index is 511. The standard InChI is InChI=1S/C15H20N2O5/c1-10(20-14(18)11-7-8-13(16)17-9-11)21-15(19)22-12-5-3-2-4-6-12/h7-10,12H,2-6H2,1H3,(H2,16,17). The van der Waals surface area contributed by atoms with Crippen LogP contribution in [0, 0.1) is 0 Å². The Hall–Kier alpha value is -2.31. The second-order valence-corrected chi connectivity index (χ2v) is 5.19. The molecule has 1 aromatic heterocycles. The quantitative estimate of drug-likeness (QED) is 0.674. The molecular weight excluding hydrogens is 288 g/mol. The van der Waals surface area contributed by atoms with E-state index in [0.717, 1.165) is 25.7 Å². The van der Waals surface area contributed by atoms with Gasteiger partial charge in [0.2, 0.25) is 6.29 Å². The Labute approximate surface area is 128 Å². The maximum atomic E-state index is 11.8. The fraction of sp³-hybridized carbons (Fsp3) is 0.533. The van der Waals surface area contributed by atoms with Crippen LogP contribution in [0.15, 0.2) is 18.3 Å². The zero-order valence-electron chi connectivity index (χ0n) is 12.5. The predicted molar refractivity (Wildman–Crippen MR) is 78.0 cm³/mol. The number of pyridine rings is 1. The molecule has 2 N–H and O–H groups in total. The van der Waals surface area contributed by atoms with E-state index >= 15 is 0 Å². The van der Waals surface area contributed by atoms with Gasteiger partial charge >= 0.3 is 12.1 Å². The van der Waals surface area contributed by atoms with Gasteiger partial charge in [0.25, 0.3) is 0 Å². The van der Waals surface area contributed by atoms with Crippen molar-refractivity contribution >= 4 is 17.9 Å². The highest BCUT2D eigenvalue weighted by Crippen LogP contribution is 2.21. The average molecular weight is 308 g/mol. The van der Waals surface area contributed by atoms with Crippen LogP contribution in [-0.2, 0) is 14.2 Å². The van der Waals surface area contributed by atoms with Gasteiger partial charge in [-0.1, -0.05) is 6.42 Å². The first kappa shape index (κ1) is 16.1. The second kappa shape index (κ2) is 7.63. The minimum atomic E-state index is -1.04. The minimum Gasteiger partial charge on any atom is -0.431 e. The van der Waals surface area contributed by atoms with Crippen molar-refractivity contribution in [1.82, 2.24) is 4.98 Å². The van der Waals surface area contributed by atoms with E-state index in [4.69, 9.17) is 19.9 Å². The molecule has 1 aliphatic carbocycles. The van der Waals surface area contributed by atoms with Crippen LogP contribution in [0.1, 0.15) is 49.4 Å². The molecule has 0 aromatic carbocycles. The fourth-order valence-corrected chi connectivity index (χ4v) is 2.25. The van der Waals surface area contributed by atoms with Gasteiger partial charge in [0.1, 0.15) is 11.9 Å². The van der Waals surface area contributed by atoms with Gasteiger partial charge in [-0.25, -0.2) is 14.6 Å². The number of nitrogens with zero attached hydrogens (tertiary/aromatic N) is 1. The predicted octanol–water partition coefficient (Wildman–Crippen LogP) is 2.65. The third kappa shape index (κ3) is 4.91. The van der Waals surface area contributed by atoms with E-state index < -0.39 is 18.4 Å².